The largest absolute Gasteiger partial charge is 0.481 e. The summed E-state index contributed by atoms with van der Waals surface area (Å²) in [5.41, 5.74) is 0. The number of rotatable bonds is 6. The van der Waals surface area contributed by atoms with Crippen LogP contribution in [0.3, 0.4) is 0 Å². The molecule has 0 saturated carbocycles. The van der Waals surface area contributed by atoms with Gasteiger partial charge in [-0.2, -0.15) is 11.8 Å². The van der Waals surface area contributed by atoms with Gasteiger partial charge in [-0.1, -0.05) is 6.92 Å². The Morgan fingerprint density at radius 3 is 2.62 bits per heavy atom. The van der Waals surface area contributed by atoms with Gasteiger partial charge in [-0.25, -0.2) is 0 Å². The van der Waals surface area contributed by atoms with Crippen LogP contribution in [-0.4, -0.2) is 35.5 Å². The highest BCUT2D eigenvalue weighted by Crippen LogP contribution is 1.99. The van der Waals surface area contributed by atoms with Gasteiger partial charge in [-0.05, 0) is 12.7 Å². The summed E-state index contributed by atoms with van der Waals surface area (Å²) in [4.78, 5) is 21.3. The molecule has 1 atom stereocenters. The number of carboxylic acid groups (broad SMARTS) is 1. The van der Waals surface area contributed by atoms with Crippen molar-refractivity contribution < 1.29 is 14.7 Å². The van der Waals surface area contributed by atoms with Crippen molar-refractivity contribution in [1.29, 1.82) is 0 Å². The van der Waals surface area contributed by atoms with Crippen molar-refractivity contribution in [3.8, 4) is 0 Å². The summed E-state index contributed by atoms with van der Waals surface area (Å²) in [5.74, 6) is -0.819. The Morgan fingerprint density at radius 1 is 1.54 bits per heavy atom. The smallest absolute Gasteiger partial charge is 0.306 e. The molecule has 0 aromatic rings. The van der Waals surface area contributed by atoms with Crippen LogP contribution < -0.4 is 5.32 Å². The molecule has 0 aliphatic carbocycles. The maximum atomic E-state index is 10.9. The molecule has 0 rings (SSSR count). The topological polar surface area (TPSA) is 66.4 Å². The second kappa shape index (κ2) is 6.77. The molecule has 4 nitrogen and oxygen atoms in total. The lowest BCUT2D eigenvalue weighted by Crippen LogP contribution is -2.28. The van der Waals surface area contributed by atoms with Gasteiger partial charge in [-0.15, -0.1) is 0 Å². The average molecular weight is 205 g/mol. The van der Waals surface area contributed by atoms with Crippen LogP contribution in [0.2, 0.25) is 0 Å². The van der Waals surface area contributed by atoms with Gasteiger partial charge in [0.05, 0.1) is 11.7 Å². The molecule has 0 aromatic carbocycles. The van der Waals surface area contributed by atoms with Gasteiger partial charge in [0, 0.05) is 6.54 Å². The molecule has 0 heterocycles. The quantitative estimate of drug-likeness (QED) is 0.665. The Labute approximate surface area is 82.1 Å². The molecule has 0 aliphatic heterocycles. The molecule has 0 bridgehead atoms. The molecule has 76 valence electrons. The Balaban J connectivity index is 3.44. The van der Waals surface area contributed by atoms with Crippen LogP contribution in [0.1, 0.15) is 13.3 Å². The van der Waals surface area contributed by atoms with Crippen LogP contribution in [0.25, 0.3) is 0 Å². The van der Waals surface area contributed by atoms with Crippen LogP contribution in [0.5, 0.6) is 0 Å². The number of thioether (sulfide) groups is 1. The number of carbonyl (C=O) groups excluding carboxylic acids is 1. The van der Waals surface area contributed by atoms with E-state index in [0.29, 0.717) is 18.7 Å². The highest BCUT2D eigenvalue weighted by atomic mass is 32.2. The van der Waals surface area contributed by atoms with Crippen molar-refractivity contribution >= 4 is 23.6 Å². The zero-order valence-electron chi connectivity index (χ0n) is 7.87. The molecule has 0 fully saturated rings. The minimum atomic E-state index is -0.820. The summed E-state index contributed by atoms with van der Waals surface area (Å²) in [6, 6.07) is 0. The normalized spacial score (nSPS) is 12.2. The van der Waals surface area contributed by atoms with Crippen molar-refractivity contribution in [3.05, 3.63) is 0 Å². The average Bonchev–Trinajstić information content (AvgIpc) is 2.04. The van der Waals surface area contributed by atoms with Crippen LogP contribution in [0.15, 0.2) is 0 Å². The van der Waals surface area contributed by atoms with E-state index >= 15 is 0 Å². The minimum Gasteiger partial charge on any atom is -0.481 e. The van der Waals surface area contributed by atoms with E-state index in [2.05, 4.69) is 5.32 Å². The number of nitrogens with one attached hydrogen (secondary N) is 1. The lowest BCUT2D eigenvalue weighted by molar-refractivity contribution is -0.141. The molecule has 1 unspecified atom stereocenters. The number of hydrogen-bond acceptors (Lipinski definition) is 3. The molecular formula is C8H15NO3S. The molecule has 0 saturated heterocycles. The van der Waals surface area contributed by atoms with Crippen molar-refractivity contribution in [3.63, 3.8) is 0 Å². The molecular weight excluding hydrogens is 190 g/mol. The third-order valence-electron chi connectivity index (χ3n) is 1.60. The van der Waals surface area contributed by atoms with Gasteiger partial charge < -0.3 is 10.4 Å². The fourth-order valence-electron chi connectivity index (χ4n) is 0.734. The van der Waals surface area contributed by atoms with Crippen LogP contribution in [0.4, 0.5) is 0 Å². The van der Waals surface area contributed by atoms with Crippen LogP contribution >= 0.6 is 11.8 Å². The predicted molar refractivity (Wildman–Crippen MR) is 52.8 cm³/mol. The molecule has 2 N–H and O–H groups in total. The fourth-order valence-corrected chi connectivity index (χ4v) is 1.10. The third-order valence-corrected chi connectivity index (χ3v) is 2.15. The first kappa shape index (κ1) is 12.3. The summed E-state index contributed by atoms with van der Waals surface area (Å²) in [6.45, 7) is 2.07. The van der Waals surface area contributed by atoms with E-state index < -0.39 is 11.9 Å². The molecule has 13 heavy (non-hydrogen) atoms. The number of aliphatic carboxylic acids is 1. The van der Waals surface area contributed by atoms with E-state index in [9.17, 15) is 9.59 Å². The zero-order chi connectivity index (χ0) is 10.3. The van der Waals surface area contributed by atoms with Gasteiger partial charge in [0.15, 0.2) is 0 Å². The highest BCUT2D eigenvalue weighted by molar-refractivity contribution is 7.99. The van der Waals surface area contributed by atoms with Crippen molar-refractivity contribution in [2.75, 3.05) is 18.6 Å². The van der Waals surface area contributed by atoms with E-state index in [1.807, 2.05) is 6.26 Å². The predicted octanol–water partition coefficient (Wildman–Crippen LogP) is 0.576. The van der Waals surface area contributed by atoms with E-state index in [1.165, 1.54) is 11.8 Å². The SMILES string of the molecule is CSCC(=O)NCCC(C)C(=O)O. The van der Waals surface area contributed by atoms with Crippen LogP contribution in [0, 0.1) is 5.92 Å². The Bertz CT molecular complexity index is 184. The number of amides is 1. The number of hydrogen-bond donors (Lipinski definition) is 2. The van der Waals surface area contributed by atoms with E-state index in [0.717, 1.165) is 0 Å². The monoisotopic (exact) mass is 205 g/mol. The fraction of sp³-hybridized carbons (Fsp3) is 0.750. The Hall–Kier alpha value is -0.710. The van der Waals surface area contributed by atoms with Gasteiger partial charge in [-0.3, -0.25) is 9.59 Å². The summed E-state index contributed by atoms with van der Waals surface area (Å²) in [6.07, 6.45) is 2.33. The van der Waals surface area contributed by atoms with Crippen molar-refractivity contribution in [2.24, 2.45) is 5.92 Å². The summed E-state index contributed by atoms with van der Waals surface area (Å²) < 4.78 is 0. The van der Waals surface area contributed by atoms with E-state index in [4.69, 9.17) is 5.11 Å². The molecule has 5 heteroatoms. The minimum absolute atomic E-state index is 0.0370. The molecule has 1 amide bonds. The zero-order valence-corrected chi connectivity index (χ0v) is 8.69. The lowest BCUT2D eigenvalue weighted by atomic mass is 10.1. The first-order valence-corrected chi connectivity index (χ1v) is 5.45. The molecule has 0 aromatic heterocycles. The molecule has 0 radical (unpaired) electrons. The standard InChI is InChI=1S/C8H15NO3S/c1-6(8(11)12)3-4-9-7(10)5-13-2/h6H,3-5H2,1-2H3,(H,9,10)(H,11,12). The van der Waals surface area contributed by atoms with Gasteiger partial charge >= 0.3 is 5.97 Å². The molecule has 0 aliphatic rings. The first-order valence-electron chi connectivity index (χ1n) is 4.06. The van der Waals surface area contributed by atoms with E-state index in [1.54, 1.807) is 6.92 Å². The van der Waals surface area contributed by atoms with Crippen molar-refractivity contribution in [1.82, 2.24) is 5.32 Å². The first-order chi connectivity index (χ1) is 6.07. The third kappa shape index (κ3) is 6.45. The Kier molecular flexibility index (Phi) is 6.40. The summed E-state index contributed by atoms with van der Waals surface area (Å²) in [7, 11) is 0. The Morgan fingerprint density at radius 2 is 2.15 bits per heavy atom. The summed E-state index contributed by atoms with van der Waals surface area (Å²) >= 11 is 1.45. The number of carbonyl (C=O) groups is 2. The van der Waals surface area contributed by atoms with Crippen LogP contribution in [-0.2, 0) is 9.59 Å². The lowest BCUT2D eigenvalue weighted by Gasteiger charge is -2.06. The van der Waals surface area contributed by atoms with Gasteiger partial charge in [0.1, 0.15) is 0 Å². The van der Waals surface area contributed by atoms with Gasteiger partial charge in [0.2, 0.25) is 5.91 Å². The summed E-state index contributed by atoms with van der Waals surface area (Å²) in [5, 5.41) is 11.2. The number of carboxylic acids is 1. The molecule has 0 spiro atoms. The van der Waals surface area contributed by atoms with Crippen molar-refractivity contribution in [2.45, 2.75) is 13.3 Å². The second-order valence-corrected chi connectivity index (χ2v) is 3.68. The second-order valence-electron chi connectivity index (χ2n) is 2.81. The highest BCUT2D eigenvalue weighted by Gasteiger charge is 2.10. The maximum absolute atomic E-state index is 10.9. The van der Waals surface area contributed by atoms with Gasteiger partial charge in [0.25, 0.3) is 0 Å². The maximum Gasteiger partial charge on any atom is 0.306 e. The van der Waals surface area contributed by atoms with E-state index in [-0.39, 0.29) is 5.91 Å².